The predicted octanol–water partition coefficient (Wildman–Crippen LogP) is 1.04. The fourth-order valence-electron chi connectivity index (χ4n) is 1.36. The molecule has 0 bridgehead atoms. The Labute approximate surface area is 77.2 Å². The molecule has 0 amide bonds. The van der Waals surface area contributed by atoms with Gasteiger partial charge in [-0.2, -0.15) is 0 Å². The van der Waals surface area contributed by atoms with Crippen LogP contribution < -0.4 is 0 Å². The lowest BCUT2D eigenvalue weighted by atomic mass is 10.1. The number of methoxy groups -OCH3 is 1. The Morgan fingerprint density at radius 2 is 2.46 bits per heavy atom. The van der Waals surface area contributed by atoms with Crippen LogP contribution in [0.3, 0.4) is 0 Å². The lowest BCUT2D eigenvalue weighted by molar-refractivity contribution is -0.141. The molecule has 74 valence electrons. The Morgan fingerprint density at radius 1 is 1.69 bits per heavy atom. The Kier molecular flexibility index (Phi) is 3.73. The molecular weight excluding hydrogens is 172 g/mol. The van der Waals surface area contributed by atoms with Gasteiger partial charge in [0.15, 0.2) is 0 Å². The third kappa shape index (κ3) is 3.44. The van der Waals surface area contributed by atoms with Gasteiger partial charge in [0.25, 0.3) is 0 Å². The van der Waals surface area contributed by atoms with E-state index in [0.29, 0.717) is 12.8 Å². The molecule has 0 spiro atoms. The predicted molar refractivity (Wildman–Crippen MR) is 45.0 cm³/mol. The second-order valence-corrected chi connectivity index (χ2v) is 3.12. The summed E-state index contributed by atoms with van der Waals surface area (Å²) in [5, 5.41) is 0. The van der Waals surface area contributed by atoms with Crippen LogP contribution in [0.4, 0.5) is 0 Å². The number of carbonyl (C=O) groups excluding carboxylic acids is 2. The normalized spacial score (nSPS) is 21.3. The van der Waals surface area contributed by atoms with Crippen molar-refractivity contribution in [1.82, 2.24) is 0 Å². The first kappa shape index (κ1) is 10.0. The van der Waals surface area contributed by atoms with Crippen LogP contribution in [0.2, 0.25) is 0 Å². The van der Waals surface area contributed by atoms with Gasteiger partial charge in [0, 0.05) is 12.8 Å². The molecule has 0 aromatic rings. The minimum absolute atomic E-state index is 0.0251. The van der Waals surface area contributed by atoms with E-state index in [0.717, 1.165) is 19.3 Å². The molecule has 0 aromatic heterocycles. The van der Waals surface area contributed by atoms with E-state index < -0.39 is 0 Å². The SMILES string of the molecule is COC(=O)CCC[C@H]1CCC(=O)O1. The van der Waals surface area contributed by atoms with Crippen LogP contribution in [0.25, 0.3) is 0 Å². The summed E-state index contributed by atoms with van der Waals surface area (Å²) in [6.07, 6.45) is 3.23. The molecule has 4 heteroatoms. The van der Waals surface area contributed by atoms with Gasteiger partial charge < -0.3 is 9.47 Å². The van der Waals surface area contributed by atoms with E-state index in [-0.39, 0.29) is 18.0 Å². The minimum Gasteiger partial charge on any atom is -0.469 e. The second-order valence-electron chi connectivity index (χ2n) is 3.12. The number of rotatable bonds is 4. The summed E-state index contributed by atoms with van der Waals surface area (Å²) in [7, 11) is 1.37. The van der Waals surface area contributed by atoms with Gasteiger partial charge in [0.05, 0.1) is 7.11 Å². The summed E-state index contributed by atoms with van der Waals surface area (Å²) in [6, 6.07) is 0. The maximum atomic E-state index is 10.7. The molecule has 0 aliphatic carbocycles. The van der Waals surface area contributed by atoms with E-state index in [9.17, 15) is 9.59 Å². The molecule has 1 heterocycles. The van der Waals surface area contributed by atoms with E-state index in [4.69, 9.17) is 4.74 Å². The quantitative estimate of drug-likeness (QED) is 0.615. The topological polar surface area (TPSA) is 52.6 Å². The van der Waals surface area contributed by atoms with Gasteiger partial charge in [-0.1, -0.05) is 0 Å². The van der Waals surface area contributed by atoms with Crippen molar-refractivity contribution >= 4 is 11.9 Å². The summed E-state index contributed by atoms with van der Waals surface area (Å²) in [4.78, 5) is 21.4. The van der Waals surface area contributed by atoms with Gasteiger partial charge in [0.1, 0.15) is 6.10 Å². The van der Waals surface area contributed by atoms with Crippen LogP contribution in [0.15, 0.2) is 0 Å². The molecular formula is C9H14O4. The van der Waals surface area contributed by atoms with Crippen molar-refractivity contribution in [3.63, 3.8) is 0 Å². The number of cyclic esters (lactones) is 1. The molecule has 1 fully saturated rings. The van der Waals surface area contributed by atoms with E-state index in [1.165, 1.54) is 7.11 Å². The van der Waals surface area contributed by atoms with E-state index >= 15 is 0 Å². The fraction of sp³-hybridized carbons (Fsp3) is 0.778. The molecule has 1 rings (SSSR count). The van der Waals surface area contributed by atoms with Crippen LogP contribution >= 0.6 is 0 Å². The number of esters is 2. The van der Waals surface area contributed by atoms with Crippen LogP contribution in [-0.4, -0.2) is 25.2 Å². The zero-order valence-electron chi connectivity index (χ0n) is 7.75. The zero-order valence-corrected chi connectivity index (χ0v) is 7.75. The average molecular weight is 186 g/mol. The maximum Gasteiger partial charge on any atom is 0.306 e. The Hall–Kier alpha value is -1.06. The molecule has 0 radical (unpaired) electrons. The smallest absolute Gasteiger partial charge is 0.306 e. The summed E-state index contributed by atoms with van der Waals surface area (Å²) in [5.74, 6) is -0.326. The van der Waals surface area contributed by atoms with Crippen LogP contribution in [0.1, 0.15) is 32.1 Å². The first-order chi connectivity index (χ1) is 6.22. The van der Waals surface area contributed by atoms with Crippen LogP contribution in [-0.2, 0) is 19.1 Å². The largest absolute Gasteiger partial charge is 0.469 e. The fourth-order valence-corrected chi connectivity index (χ4v) is 1.36. The Balaban J connectivity index is 2.06. The lowest BCUT2D eigenvalue weighted by Crippen LogP contribution is -2.08. The molecule has 0 saturated carbocycles. The second kappa shape index (κ2) is 4.84. The number of hydrogen-bond donors (Lipinski definition) is 0. The monoisotopic (exact) mass is 186 g/mol. The highest BCUT2D eigenvalue weighted by molar-refractivity contribution is 5.71. The molecule has 1 aliphatic rings. The highest BCUT2D eigenvalue weighted by Crippen LogP contribution is 2.18. The minimum atomic E-state index is -0.204. The zero-order chi connectivity index (χ0) is 9.68. The van der Waals surface area contributed by atoms with E-state index in [1.807, 2.05) is 0 Å². The highest BCUT2D eigenvalue weighted by Gasteiger charge is 2.22. The van der Waals surface area contributed by atoms with Gasteiger partial charge in [-0.25, -0.2) is 0 Å². The van der Waals surface area contributed by atoms with Crippen molar-refractivity contribution in [2.24, 2.45) is 0 Å². The first-order valence-corrected chi connectivity index (χ1v) is 4.48. The third-order valence-corrected chi connectivity index (χ3v) is 2.10. The Morgan fingerprint density at radius 3 is 3.00 bits per heavy atom. The number of carbonyl (C=O) groups is 2. The van der Waals surface area contributed by atoms with Crippen LogP contribution in [0, 0.1) is 0 Å². The molecule has 0 aromatic carbocycles. The summed E-state index contributed by atoms with van der Waals surface area (Å²) in [5.41, 5.74) is 0. The van der Waals surface area contributed by atoms with Gasteiger partial charge in [-0.05, 0) is 19.3 Å². The van der Waals surface area contributed by atoms with Gasteiger partial charge in [-0.15, -0.1) is 0 Å². The molecule has 0 unspecified atom stereocenters. The van der Waals surface area contributed by atoms with Crippen molar-refractivity contribution in [2.75, 3.05) is 7.11 Å². The molecule has 0 N–H and O–H groups in total. The standard InChI is InChI=1S/C9H14O4/c1-12-8(10)4-2-3-7-5-6-9(11)13-7/h7H,2-6H2,1H3/t7-/m0/s1. The van der Waals surface area contributed by atoms with Crippen molar-refractivity contribution < 1.29 is 19.1 Å². The third-order valence-electron chi connectivity index (χ3n) is 2.10. The van der Waals surface area contributed by atoms with Gasteiger partial charge >= 0.3 is 11.9 Å². The first-order valence-electron chi connectivity index (χ1n) is 4.48. The van der Waals surface area contributed by atoms with Crippen molar-refractivity contribution in [2.45, 2.75) is 38.2 Å². The summed E-state index contributed by atoms with van der Waals surface area (Å²) < 4.78 is 9.48. The highest BCUT2D eigenvalue weighted by atomic mass is 16.5. The molecule has 1 aliphatic heterocycles. The number of ether oxygens (including phenoxy) is 2. The summed E-state index contributed by atoms with van der Waals surface area (Å²) in [6.45, 7) is 0. The Bertz CT molecular complexity index is 200. The van der Waals surface area contributed by atoms with Crippen LogP contribution in [0.5, 0.6) is 0 Å². The number of hydrogen-bond acceptors (Lipinski definition) is 4. The molecule has 1 saturated heterocycles. The van der Waals surface area contributed by atoms with E-state index in [1.54, 1.807) is 0 Å². The van der Waals surface area contributed by atoms with Gasteiger partial charge in [0.2, 0.25) is 0 Å². The van der Waals surface area contributed by atoms with Gasteiger partial charge in [-0.3, -0.25) is 9.59 Å². The molecule has 13 heavy (non-hydrogen) atoms. The van der Waals surface area contributed by atoms with Crippen molar-refractivity contribution in [3.05, 3.63) is 0 Å². The van der Waals surface area contributed by atoms with Crippen molar-refractivity contribution in [3.8, 4) is 0 Å². The molecule has 1 atom stereocenters. The molecule has 4 nitrogen and oxygen atoms in total. The van der Waals surface area contributed by atoms with Crippen molar-refractivity contribution in [1.29, 1.82) is 0 Å². The maximum absolute atomic E-state index is 10.7. The average Bonchev–Trinajstić information content (AvgIpc) is 2.51. The lowest BCUT2D eigenvalue weighted by Gasteiger charge is -2.07. The van der Waals surface area contributed by atoms with E-state index in [2.05, 4.69) is 4.74 Å². The summed E-state index contributed by atoms with van der Waals surface area (Å²) >= 11 is 0.